The van der Waals surface area contributed by atoms with Gasteiger partial charge in [0.05, 0.1) is 16.6 Å². The van der Waals surface area contributed by atoms with Gasteiger partial charge in [0.15, 0.2) is 0 Å². The molecule has 0 fully saturated rings. The first-order valence-corrected chi connectivity index (χ1v) is 10.00. The van der Waals surface area contributed by atoms with Crippen molar-refractivity contribution >= 4 is 21.8 Å². The largest absolute Gasteiger partial charge is 0.361 e. The minimum atomic E-state index is -0.148. The Morgan fingerprint density at radius 1 is 0.933 bits per heavy atom. The average molecular weight is 398 g/mol. The van der Waals surface area contributed by atoms with Crippen LogP contribution < -0.4 is 11.1 Å². The van der Waals surface area contributed by atoms with Crippen LogP contribution >= 0.6 is 0 Å². The number of pyridine rings is 1. The zero-order valence-corrected chi connectivity index (χ0v) is 16.9. The van der Waals surface area contributed by atoms with Gasteiger partial charge >= 0.3 is 0 Å². The fourth-order valence-corrected chi connectivity index (χ4v) is 4.18. The lowest BCUT2D eigenvalue weighted by molar-refractivity contribution is 0.656. The Kier molecular flexibility index (Phi) is 4.20. The van der Waals surface area contributed by atoms with Crippen LogP contribution in [0.4, 0.5) is 0 Å². The summed E-state index contributed by atoms with van der Waals surface area (Å²) in [5.41, 5.74) is 5.18. The smallest absolute Gasteiger partial charge is 0.280 e. The van der Waals surface area contributed by atoms with Gasteiger partial charge in [-0.25, -0.2) is 4.68 Å². The zero-order valence-electron chi connectivity index (χ0n) is 16.9. The summed E-state index contributed by atoms with van der Waals surface area (Å²) < 4.78 is 3.19. The number of H-pyrrole nitrogens is 2. The van der Waals surface area contributed by atoms with Crippen LogP contribution in [0.5, 0.6) is 0 Å². The molecule has 0 aliphatic carbocycles. The second-order valence-corrected chi connectivity index (χ2v) is 7.71. The van der Waals surface area contributed by atoms with Crippen LogP contribution in [-0.2, 0) is 13.0 Å². The molecule has 0 radical (unpaired) electrons. The monoisotopic (exact) mass is 398 g/mol. The number of hydrogen-bond donors (Lipinski definition) is 2. The lowest BCUT2D eigenvalue weighted by Gasteiger charge is -2.10. The highest BCUT2D eigenvalue weighted by atomic mass is 16.1. The van der Waals surface area contributed by atoms with Gasteiger partial charge < -0.3 is 9.55 Å². The summed E-state index contributed by atoms with van der Waals surface area (Å²) in [4.78, 5) is 29.2. The average Bonchev–Trinajstić information content (AvgIpc) is 3.29. The maximum Gasteiger partial charge on any atom is 0.280 e. The van der Waals surface area contributed by atoms with Crippen molar-refractivity contribution in [3.63, 3.8) is 0 Å². The zero-order chi connectivity index (χ0) is 20.8. The number of hydrogen-bond acceptors (Lipinski definition) is 2. The fraction of sp³-hybridized carbons (Fsp3) is 0.167. The van der Waals surface area contributed by atoms with Gasteiger partial charge in [-0.3, -0.25) is 14.7 Å². The summed E-state index contributed by atoms with van der Waals surface area (Å²) in [5.74, 6) is 0. The third-order valence-corrected chi connectivity index (χ3v) is 5.76. The van der Waals surface area contributed by atoms with Crippen molar-refractivity contribution in [2.75, 3.05) is 0 Å². The predicted molar refractivity (Wildman–Crippen MR) is 120 cm³/mol. The Bertz CT molecular complexity index is 1500. The van der Waals surface area contributed by atoms with Crippen molar-refractivity contribution in [1.29, 1.82) is 0 Å². The van der Waals surface area contributed by atoms with E-state index in [0.29, 0.717) is 29.6 Å². The van der Waals surface area contributed by atoms with Crippen LogP contribution in [0.25, 0.3) is 27.5 Å². The number of aromatic nitrogens is 4. The molecule has 5 rings (SSSR count). The predicted octanol–water partition coefficient (Wildman–Crippen LogP) is 3.82. The van der Waals surface area contributed by atoms with Crippen LogP contribution in [-0.4, -0.2) is 19.3 Å². The number of fused-ring (bicyclic) bond motifs is 2. The Hall–Kier alpha value is -3.80. The quantitative estimate of drug-likeness (QED) is 0.483. The highest BCUT2D eigenvalue weighted by Crippen LogP contribution is 2.21. The maximum absolute atomic E-state index is 13.1. The molecular weight excluding hydrogens is 376 g/mol. The first kappa shape index (κ1) is 18.2. The number of rotatable bonds is 4. The molecule has 5 aromatic rings. The molecule has 2 N–H and O–H groups in total. The van der Waals surface area contributed by atoms with E-state index in [4.69, 9.17) is 0 Å². The standard InChI is InChI=1S/C24H22N4O2/c1-15-8-9-20-19(12-15)17(14-25-20)10-11-27-16(2)23-21(13-22(27)29)26-28(24(23)30)18-6-4-3-5-7-18/h3-9,12-14,25-26H,10-11H2,1-2H3. The first-order valence-electron chi connectivity index (χ1n) is 10.00. The summed E-state index contributed by atoms with van der Waals surface area (Å²) >= 11 is 0. The van der Waals surface area contributed by atoms with E-state index in [9.17, 15) is 9.59 Å². The molecule has 0 aliphatic heterocycles. The number of nitrogens with zero attached hydrogens (tertiary/aromatic N) is 2. The second-order valence-electron chi connectivity index (χ2n) is 7.71. The Balaban J connectivity index is 1.56. The molecule has 2 aromatic carbocycles. The molecule has 6 nitrogen and oxygen atoms in total. The third kappa shape index (κ3) is 2.88. The summed E-state index contributed by atoms with van der Waals surface area (Å²) in [5, 5.41) is 4.80. The molecule has 0 atom stereocenters. The van der Waals surface area contributed by atoms with Crippen LogP contribution in [0.15, 0.2) is 70.4 Å². The minimum Gasteiger partial charge on any atom is -0.361 e. The summed E-state index contributed by atoms with van der Waals surface area (Å²) in [6.45, 7) is 4.42. The minimum absolute atomic E-state index is 0.113. The molecule has 6 heteroatoms. The normalized spacial score (nSPS) is 11.5. The van der Waals surface area contributed by atoms with Gasteiger partial charge in [-0.1, -0.05) is 29.8 Å². The lowest BCUT2D eigenvalue weighted by Crippen LogP contribution is -2.24. The number of para-hydroxylation sites is 1. The lowest BCUT2D eigenvalue weighted by atomic mass is 10.1. The van der Waals surface area contributed by atoms with Gasteiger partial charge in [0.1, 0.15) is 0 Å². The van der Waals surface area contributed by atoms with Crippen molar-refractivity contribution in [3.8, 4) is 5.69 Å². The van der Waals surface area contributed by atoms with E-state index in [1.165, 1.54) is 21.7 Å². The highest BCUT2D eigenvalue weighted by molar-refractivity contribution is 5.84. The molecule has 0 spiro atoms. The first-order chi connectivity index (χ1) is 14.5. The van der Waals surface area contributed by atoms with Crippen molar-refractivity contribution in [1.82, 2.24) is 19.3 Å². The maximum atomic E-state index is 13.1. The van der Waals surface area contributed by atoms with Crippen LogP contribution in [0.3, 0.4) is 0 Å². The highest BCUT2D eigenvalue weighted by Gasteiger charge is 2.15. The van der Waals surface area contributed by atoms with Gasteiger partial charge in [0.25, 0.3) is 11.1 Å². The van der Waals surface area contributed by atoms with E-state index in [0.717, 1.165) is 16.8 Å². The van der Waals surface area contributed by atoms with E-state index < -0.39 is 0 Å². The summed E-state index contributed by atoms with van der Waals surface area (Å²) in [6, 6.07) is 17.2. The number of nitrogens with one attached hydrogen (secondary N) is 2. The molecule has 0 bridgehead atoms. The molecule has 30 heavy (non-hydrogen) atoms. The Labute approximate surface area is 172 Å². The van der Waals surface area contributed by atoms with E-state index in [1.807, 2.05) is 43.5 Å². The molecule has 0 unspecified atom stereocenters. The molecule has 150 valence electrons. The molecule has 3 heterocycles. The van der Waals surface area contributed by atoms with Crippen LogP contribution in [0.1, 0.15) is 16.8 Å². The summed E-state index contributed by atoms with van der Waals surface area (Å²) in [7, 11) is 0. The molecular formula is C24H22N4O2. The van der Waals surface area contributed by atoms with E-state index in [2.05, 4.69) is 35.2 Å². The van der Waals surface area contributed by atoms with E-state index in [1.54, 1.807) is 4.57 Å². The number of benzene rings is 2. The molecule has 0 aliphatic rings. The fourth-order valence-electron chi connectivity index (χ4n) is 4.18. The molecule has 3 aromatic heterocycles. The summed E-state index contributed by atoms with van der Waals surface area (Å²) in [6.07, 6.45) is 2.70. The Morgan fingerprint density at radius 2 is 1.73 bits per heavy atom. The van der Waals surface area contributed by atoms with Crippen LogP contribution in [0.2, 0.25) is 0 Å². The topological polar surface area (TPSA) is 75.6 Å². The second kappa shape index (κ2) is 6.91. The van der Waals surface area contributed by atoms with Gasteiger partial charge in [0, 0.05) is 35.4 Å². The van der Waals surface area contributed by atoms with Crippen molar-refractivity contribution < 1.29 is 0 Å². The van der Waals surface area contributed by atoms with Gasteiger partial charge in [-0.05, 0) is 50.1 Å². The molecule has 0 amide bonds. The van der Waals surface area contributed by atoms with E-state index in [-0.39, 0.29) is 11.1 Å². The Morgan fingerprint density at radius 3 is 2.53 bits per heavy atom. The van der Waals surface area contributed by atoms with Gasteiger partial charge in [0.2, 0.25) is 0 Å². The third-order valence-electron chi connectivity index (χ3n) is 5.76. The van der Waals surface area contributed by atoms with Crippen molar-refractivity contribution in [2.24, 2.45) is 0 Å². The van der Waals surface area contributed by atoms with Crippen molar-refractivity contribution in [2.45, 2.75) is 26.8 Å². The van der Waals surface area contributed by atoms with Gasteiger partial charge in [-0.15, -0.1) is 0 Å². The van der Waals surface area contributed by atoms with Crippen molar-refractivity contribution in [3.05, 3.63) is 98.3 Å². The van der Waals surface area contributed by atoms with E-state index >= 15 is 0 Å². The molecule has 0 saturated carbocycles. The van der Waals surface area contributed by atoms with Gasteiger partial charge in [-0.2, -0.15) is 0 Å². The number of aryl methyl sites for hydroxylation is 3. The van der Waals surface area contributed by atoms with Crippen LogP contribution in [0, 0.1) is 13.8 Å². The SMILES string of the molecule is Cc1ccc2[nH]cc(CCn3c(C)c4c(=O)n(-c5ccccc5)[nH]c4cc3=O)c2c1. The number of aromatic amines is 2. The molecule has 0 saturated heterocycles.